The molecule has 0 amide bonds. The topological polar surface area (TPSA) is 17.8 Å². The molecule has 0 atom stereocenters. The molecule has 0 bridgehead atoms. The Bertz CT molecular complexity index is 656. The number of imidazole rings is 1. The maximum Gasteiger partial charge on any atom is 0.123 e. The summed E-state index contributed by atoms with van der Waals surface area (Å²) in [5.41, 5.74) is 2.12. The van der Waals surface area contributed by atoms with Gasteiger partial charge >= 0.3 is 0 Å². The van der Waals surface area contributed by atoms with E-state index in [4.69, 9.17) is 0 Å². The van der Waals surface area contributed by atoms with Crippen LogP contribution in [0.3, 0.4) is 0 Å². The van der Waals surface area contributed by atoms with Crippen LogP contribution in [-0.2, 0) is 12.8 Å². The number of halogens is 2. The maximum absolute atomic E-state index is 13.0. The zero-order chi connectivity index (χ0) is 15.4. The summed E-state index contributed by atoms with van der Waals surface area (Å²) >= 11 is 0. The third kappa shape index (κ3) is 3.58. The first-order valence-electron chi connectivity index (χ1n) is 7.17. The van der Waals surface area contributed by atoms with Crippen LogP contribution in [0.5, 0.6) is 0 Å². The standard InChI is InChI=1S/C18H16F2N2/c19-16-5-1-14(2-6-16)11-18(22-10-9-21-13-22)12-15-3-7-17(20)8-4-15/h1-10,13,18H,11-12H2. The van der Waals surface area contributed by atoms with Crippen molar-refractivity contribution >= 4 is 0 Å². The third-order valence-corrected chi connectivity index (χ3v) is 3.72. The lowest BCUT2D eigenvalue weighted by atomic mass is 9.99. The third-order valence-electron chi connectivity index (χ3n) is 3.72. The molecule has 22 heavy (non-hydrogen) atoms. The average molecular weight is 298 g/mol. The van der Waals surface area contributed by atoms with Crippen molar-refractivity contribution in [3.63, 3.8) is 0 Å². The lowest BCUT2D eigenvalue weighted by Gasteiger charge is -2.19. The first kappa shape index (κ1) is 14.4. The fourth-order valence-corrected chi connectivity index (χ4v) is 2.55. The van der Waals surface area contributed by atoms with E-state index in [2.05, 4.69) is 4.98 Å². The highest BCUT2D eigenvalue weighted by atomic mass is 19.1. The highest BCUT2D eigenvalue weighted by Gasteiger charge is 2.13. The minimum absolute atomic E-state index is 0.151. The largest absolute Gasteiger partial charge is 0.334 e. The first-order chi connectivity index (χ1) is 10.7. The van der Waals surface area contributed by atoms with E-state index in [9.17, 15) is 8.78 Å². The molecule has 2 aromatic carbocycles. The van der Waals surface area contributed by atoms with Crippen molar-refractivity contribution in [3.05, 3.63) is 90.0 Å². The minimum Gasteiger partial charge on any atom is -0.334 e. The second kappa shape index (κ2) is 6.52. The molecular formula is C18H16F2N2. The highest BCUT2D eigenvalue weighted by molar-refractivity contribution is 5.20. The number of rotatable bonds is 5. The van der Waals surface area contributed by atoms with E-state index < -0.39 is 0 Å². The van der Waals surface area contributed by atoms with Crippen molar-refractivity contribution in [2.24, 2.45) is 0 Å². The highest BCUT2D eigenvalue weighted by Crippen LogP contribution is 2.20. The average Bonchev–Trinajstić information content (AvgIpc) is 3.05. The van der Waals surface area contributed by atoms with Crippen molar-refractivity contribution in [2.75, 3.05) is 0 Å². The van der Waals surface area contributed by atoms with Crippen LogP contribution in [0.1, 0.15) is 17.2 Å². The zero-order valence-corrected chi connectivity index (χ0v) is 12.0. The van der Waals surface area contributed by atoms with E-state index in [0.29, 0.717) is 0 Å². The smallest absolute Gasteiger partial charge is 0.123 e. The summed E-state index contributed by atoms with van der Waals surface area (Å²) in [5, 5.41) is 0. The summed E-state index contributed by atoms with van der Waals surface area (Å²) in [4.78, 5) is 4.10. The predicted octanol–water partition coefficient (Wildman–Crippen LogP) is 4.19. The molecule has 0 saturated heterocycles. The van der Waals surface area contributed by atoms with Gasteiger partial charge in [-0.25, -0.2) is 13.8 Å². The van der Waals surface area contributed by atoms with Crippen LogP contribution in [0.25, 0.3) is 0 Å². The Morgan fingerprint density at radius 1 is 0.818 bits per heavy atom. The quantitative estimate of drug-likeness (QED) is 0.690. The fraction of sp³-hybridized carbons (Fsp3) is 0.167. The number of aromatic nitrogens is 2. The SMILES string of the molecule is Fc1ccc(CC(Cc2ccc(F)cc2)n2ccnc2)cc1. The maximum atomic E-state index is 13.0. The fourth-order valence-electron chi connectivity index (χ4n) is 2.55. The molecule has 4 heteroatoms. The molecule has 0 aliphatic rings. The minimum atomic E-state index is -0.235. The van der Waals surface area contributed by atoms with Gasteiger partial charge in [-0.05, 0) is 48.2 Å². The molecular weight excluding hydrogens is 282 g/mol. The van der Waals surface area contributed by atoms with Crippen LogP contribution in [0.15, 0.2) is 67.3 Å². The molecule has 1 heterocycles. The summed E-state index contributed by atoms with van der Waals surface area (Å²) in [6.07, 6.45) is 6.94. The van der Waals surface area contributed by atoms with Crippen LogP contribution in [-0.4, -0.2) is 9.55 Å². The van der Waals surface area contributed by atoms with E-state index in [1.165, 1.54) is 24.3 Å². The van der Waals surface area contributed by atoms with Crippen molar-refractivity contribution in [1.82, 2.24) is 9.55 Å². The Morgan fingerprint density at radius 2 is 1.32 bits per heavy atom. The Morgan fingerprint density at radius 3 is 1.73 bits per heavy atom. The Labute approximate surface area is 128 Å². The lowest BCUT2D eigenvalue weighted by Crippen LogP contribution is -2.13. The molecule has 0 radical (unpaired) electrons. The second-order valence-corrected chi connectivity index (χ2v) is 5.32. The van der Waals surface area contributed by atoms with E-state index in [-0.39, 0.29) is 17.7 Å². The summed E-state index contributed by atoms with van der Waals surface area (Å²) in [6, 6.07) is 13.2. The van der Waals surface area contributed by atoms with Gasteiger partial charge in [-0.2, -0.15) is 0 Å². The Hall–Kier alpha value is -2.49. The van der Waals surface area contributed by atoms with Crippen molar-refractivity contribution in [3.8, 4) is 0 Å². The molecule has 3 rings (SSSR count). The number of hydrogen-bond donors (Lipinski definition) is 0. The molecule has 112 valence electrons. The normalized spacial score (nSPS) is 11.0. The molecule has 0 aliphatic carbocycles. The van der Waals surface area contributed by atoms with Gasteiger partial charge in [0.2, 0.25) is 0 Å². The van der Waals surface area contributed by atoms with Gasteiger partial charge in [0, 0.05) is 18.4 Å². The van der Waals surface area contributed by atoms with Crippen molar-refractivity contribution in [2.45, 2.75) is 18.9 Å². The Balaban J connectivity index is 1.81. The number of hydrogen-bond acceptors (Lipinski definition) is 1. The van der Waals surface area contributed by atoms with E-state index in [1.807, 2.05) is 10.8 Å². The lowest BCUT2D eigenvalue weighted by molar-refractivity contribution is 0.494. The monoisotopic (exact) mass is 298 g/mol. The van der Waals surface area contributed by atoms with Gasteiger partial charge in [0.25, 0.3) is 0 Å². The van der Waals surface area contributed by atoms with Gasteiger partial charge in [-0.3, -0.25) is 0 Å². The summed E-state index contributed by atoms with van der Waals surface area (Å²) in [7, 11) is 0. The van der Waals surface area contributed by atoms with Gasteiger partial charge in [0.1, 0.15) is 11.6 Å². The van der Waals surface area contributed by atoms with Crippen molar-refractivity contribution in [1.29, 1.82) is 0 Å². The summed E-state index contributed by atoms with van der Waals surface area (Å²) < 4.78 is 28.1. The van der Waals surface area contributed by atoms with Crippen LogP contribution in [0, 0.1) is 11.6 Å². The molecule has 1 aromatic heterocycles. The molecule has 2 nitrogen and oxygen atoms in total. The van der Waals surface area contributed by atoms with Crippen LogP contribution < -0.4 is 0 Å². The van der Waals surface area contributed by atoms with Gasteiger partial charge < -0.3 is 4.57 Å². The van der Waals surface area contributed by atoms with Gasteiger partial charge in [-0.15, -0.1) is 0 Å². The van der Waals surface area contributed by atoms with E-state index in [1.54, 1.807) is 36.8 Å². The molecule has 0 fully saturated rings. The Kier molecular flexibility index (Phi) is 4.28. The molecule has 0 aliphatic heterocycles. The zero-order valence-electron chi connectivity index (χ0n) is 12.0. The van der Waals surface area contributed by atoms with Gasteiger partial charge in [-0.1, -0.05) is 24.3 Å². The summed E-state index contributed by atoms with van der Waals surface area (Å²) in [5.74, 6) is -0.470. The van der Waals surface area contributed by atoms with Gasteiger partial charge in [0.15, 0.2) is 0 Å². The van der Waals surface area contributed by atoms with Gasteiger partial charge in [0.05, 0.1) is 6.33 Å². The van der Waals surface area contributed by atoms with Crippen LogP contribution in [0.4, 0.5) is 8.78 Å². The van der Waals surface area contributed by atoms with Crippen LogP contribution >= 0.6 is 0 Å². The van der Waals surface area contributed by atoms with Crippen molar-refractivity contribution < 1.29 is 8.78 Å². The second-order valence-electron chi connectivity index (χ2n) is 5.32. The molecule has 0 spiro atoms. The number of nitrogens with zero attached hydrogens (tertiary/aromatic N) is 2. The molecule has 0 saturated carbocycles. The molecule has 3 aromatic rings. The predicted molar refractivity (Wildman–Crippen MR) is 81.5 cm³/mol. The molecule has 0 N–H and O–H groups in total. The molecule has 0 unspecified atom stereocenters. The van der Waals surface area contributed by atoms with E-state index >= 15 is 0 Å². The van der Waals surface area contributed by atoms with E-state index in [0.717, 1.165) is 24.0 Å². The first-order valence-corrected chi connectivity index (χ1v) is 7.17. The number of benzene rings is 2. The summed E-state index contributed by atoms with van der Waals surface area (Å²) in [6.45, 7) is 0. The van der Waals surface area contributed by atoms with Crippen LogP contribution in [0.2, 0.25) is 0 Å².